The average Bonchev–Trinajstić information content (AvgIpc) is 3.05. The first-order valence-electron chi connectivity index (χ1n) is 6.93. The van der Waals surface area contributed by atoms with Gasteiger partial charge in [-0.2, -0.15) is 18.3 Å². The number of amides is 1. The molecule has 1 aliphatic rings. The number of piperazine rings is 1. The zero-order valence-electron chi connectivity index (χ0n) is 12.0. The molecule has 0 N–H and O–H groups in total. The van der Waals surface area contributed by atoms with Crippen molar-refractivity contribution in [1.29, 1.82) is 0 Å². The molecule has 1 saturated heterocycles. The zero-order valence-corrected chi connectivity index (χ0v) is 12.0. The molecule has 3 rings (SSSR count). The van der Waals surface area contributed by atoms with Crippen LogP contribution in [0.15, 0.2) is 35.1 Å². The topological polar surface area (TPSA) is 62.5 Å². The Hall–Kier alpha value is -2.58. The smallest absolute Gasteiger partial charge is 0.450 e. The molecule has 0 radical (unpaired) electrons. The van der Waals surface area contributed by atoms with E-state index in [1.807, 2.05) is 4.90 Å². The Balaban J connectivity index is 1.69. The Bertz CT molecular complexity index is 679. The van der Waals surface area contributed by atoms with Gasteiger partial charge in [-0.05, 0) is 18.2 Å². The highest BCUT2D eigenvalue weighted by atomic mass is 19.4. The van der Waals surface area contributed by atoms with Gasteiger partial charge < -0.3 is 14.2 Å². The van der Waals surface area contributed by atoms with Gasteiger partial charge in [0, 0.05) is 32.4 Å². The summed E-state index contributed by atoms with van der Waals surface area (Å²) in [5.74, 6) is -1.25. The van der Waals surface area contributed by atoms with Crippen molar-refractivity contribution in [2.24, 2.45) is 0 Å². The maximum Gasteiger partial charge on any atom is 0.450 e. The number of rotatable bonds is 2. The fourth-order valence-corrected chi connectivity index (χ4v) is 2.47. The third-order valence-electron chi connectivity index (χ3n) is 3.60. The molecule has 1 amide bonds. The zero-order chi connectivity index (χ0) is 16.4. The summed E-state index contributed by atoms with van der Waals surface area (Å²) in [4.78, 5) is 15.6. The van der Waals surface area contributed by atoms with Gasteiger partial charge in [-0.1, -0.05) is 0 Å². The van der Waals surface area contributed by atoms with Crippen molar-refractivity contribution in [3.63, 3.8) is 0 Å². The third-order valence-corrected chi connectivity index (χ3v) is 3.60. The Labute approximate surface area is 129 Å². The largest absolute Gasteiger partial charge is 0.459 e. The third kappa shape index (κ3) is 3.13. The number of carbonyl (C=O) groups excluding carboxylic acids is 1. The number of hydrogen-bond acceptors (Lipinski definition) is 5. The minimum atomic E-state index is -4.68. The number of anilines is 1. The fraction of sp³-hybridized carbons (Fsp3) is 0.357. The second kappa shape index (κ2) is 5.90. The van der Waals surface area contributed by atoms with E-state index in [1.165, 1.54) is 4.90 Å². The molecule has 3 heterocycles. The second-order valence-electron chi connectivity index (χ2n) is 5.02. The van der Waals surface area contributed by atoms with Crippen LogP contribution in [0.25, 0.3) is 0 Å². The van der Waals surface area contributed by atoms with Gasteiger partial charge >= 0.3 is 6.18 Å². The molecule has 1 aliphatic heterocycles. The van der Waals surface area contributed by atoms with Crippen molar-refractivity contribution in [2.45, 2.75) is 6.18 Å². The van der Waals surface area contributed by atoms with E-state index in [1.54, 1.807) is 18.3 Å². The molecule has 0 atom stereocenters. The molecule has 0 spiro atoms. The van der Waals surface area contributed by atoms with Gasteiger partial charge in [0.15, 0.2) is 5.82 Å². The van der Waals surface area contributed by atoms with Gasteiger partial charge in [0.1, 0.15) is 0 Å². The van der Waals surface area contributed by atoms with E-state index >= 15 is 0 Å². The number of alkyl halides is 3. The minimum Gasteiger partial charge on any atom is -0.459 e. The van der Waals surface area contributed by atoms with Crippen LogP contribution in [0.1, 0.15) is 16.1 Å². The fourth-order valence-electron chi connectivity index (χ4n) is 2.47. The Kier molecular flexibility index (Phi) is 3.93. The lowest BCUT2D eigenvalue weighted by molar-refractivity contribution is -0.153. The van der Waals surface area contributed by atoms with E-state index in [0.717, 1.165) is 12.3 Å². The van der Waals surface area contributed by atoms with E-state index in [9.17, 15) is 18.0 Å². The van der Waals surface area contributed by atoms with E-state index < -0.39 is 23.4 Å². The summed E-state index contributed by atoms with van der Waals surface area (Å²) >= 11 is 0. The first-order chi connectivity index (χ1) is 11.0. The van der Waals surface area contributed by atoms with Crippen LogP contribution in [-0.2, 0) is 6.18 Å². The summed E-state index contributed by atoms with van der Waals surface area (Å²) in [6.45, 7) is 1.56. The molecule has 1 fully saturated rings. The molecule has 0 saturated carbocycles. The first kappa shape index (κ1) is 15.3. The van der Waals surface area contributed by atoms with Crippen LogP contribution in [0, 0.1) is 0 Å². The molecule has 0 aromatic carbocycles. The molecule has 0 aliphatic carbocycles. The predicted molar refractivity (Wildman–Crippen MR) is 73.9 cm³/mol. The van der Waals surface area contributed by atoms with Gasteiger partial charge in [-0.3, -0.25) is 4.79 Å². The molecule has 9 heteroatoms. The van der Waals surface area contributed by atoms with Crippen molar-refractivity contribution >= 4 is 11.7 Å². The summed E-state index contributed by atoms with van der Waals surface area (Å²) < 4.78 is 42.8. The lowest BCUT2D eigenvalue weighted by Crippen LogP contribution is -2.49. The summed E-state index contributed by atoms with van der Waals surface area (Å²) in [6.07, 6.45) is -2.25. The molecule has 2 aromatic rings. The summed E-state index contributed by atoms with van der Waals surface area (Å²) in [5, 5.41) is 7.76. The van der Waals surface area contributed by atoms with Gasteiger partial charge in [-0.15, -0.1) is 5.10 Å². The lowest BCUT2D eigenvalue weighted by Gasteiger charge is -2.35. The minimum absolute atomic E-state index is 0.303. The van der Waals surface area contributed by atoms with E-state index in [-0.39, 0.29) is 0 Å². The average molecular weight is 326 g/mol. The number of aromatic nitrogens is 2. The van der Waals surface area contributed by atoms with Crippen LogP contribution in [0.2, 0.25) is 0 Å². The van der Waals surface area contributed by atoms with Crippen molar-refractivity contribution in [3.05, 3.63) is 42.0 Å². The Morgan fingerprint density at radius 3 is 2.52 bits per heavy atom. The standard InChI is InChI=1S/C14H13F3N4O2/c15-14(16,17)12-10(3-9-23-12)13(22)21-7-5-20(6-8-21)11-2-1-4-18-19-11/h1-4,9H,5-8H2. The molecular weight excluding hydrogens is 313 g/mol. The molecule has 122 valence electrons. The van der Waals surface area contributed by atoms with Crippen LogP contribution in [0.4, 0.5) is 19.0 Å². The summed E-state index contributed by atoms with van der Waals surface area (Å²) in [6, 6.07) is 4.60. The maximum atomic E-state index is 12.8. The van der Waals surface area contributed by atoms with Crippen molar-refractivity contribution < 1.29 is 22.4 Å². The van der Waals surface area contributed by atoms with Crippen molar-refractivity contribution in [2.75, 3.05) is 31.1 Å². The normalized spacial score (nSPS) is 15.8. The highest BCUT2D eigenvalue weighted by Crippen LogP contribution is 2.33. The highest BCUT2D eigenvalue weighted by molar-refractivity contribution is 5.95. The lowest BCUT2D eigenvalue weighted by atomic mass is 10.2. The number of nitrogens with zero attached hydrogens (tertiary/aromatic N) is 4. The van der Waals surface area contributed by atoms with Crippen molar-refractivity contribution in [3.8, 4) is 0 Å². The molecule has 2 aromatic heterocycles. The quantitative estimate of drug-likeness (QED) is 0.845. The van der Waals surface area contributed by atoms with Crippen LogP contribution < -0.4 is 4.90 Å². The molecule has 0 unspecified atom stereocenters. The summed E-state index contributed by atoms with van der Waals surface area (Å²) in [7, 11) is 0. The second-order valence-corrected chi connectivity index (χ2v) is 5.02. The number of halogens is 3. The van der Waals surface area contributed by atoms with Gasteiger partial charge in [0.05, 0.1) is 11.8 Å². The highest BCUT2D eigenvalue weighted by Gasteiger charge is 2.40. The maximum absolute atomic E-state index is 12.8. The number of furan rings is 1. The van der Waals surface area contributed by atoms with E-state index in [4.69, 9.17) is 0 Å². The molecule has 0 bridgehead atoms. The van der Waals surface area contributed by atoms with Crippen molar-refractivity contribution in [1.82, 2.24) is 15.1 Å². The molecular formula is C14H13F3N4O2. The van der Waals surface area contributed by atoms with Crippen LogP contribution in [-0.4, -0.2) is 47.2 Å². The van der Waals surface area contributed by atoms with Crippen LogP contribution in [0.3, 0.4) is 0 Å². The van der Waals surface area contributed by atoms with Gasteiger partial charge in [0.25, 0.3) is 5.91 Å². The summed E-state index contributed by atoms with van der Waals surface area (Å²) in [5.41, 5.74) is -0.453. The first-order valence-corrected chi connectivity index (χ1v) is 6.93. The predicted octanol–water partition coefficient (Wildman–Crippen LogP) is 2.05. The van der Waals surface area contributed by atoms with Gasteiger partial charge in [0.2, 0.25) is 5.76 Å². The molecule has 6 nitrogen and oxygen atoms in total. The number of carbonyl (C=O) groups is 1. The van der Waals surface area contributed by atoms with E-state index in [0.29, 0.717) is 32.0 Å². The SMILES string of the molecule is O=C(c1ccoc1C(F)(F)F)N1CCN(c2cccnn2)CC1. The Morgan fingerprint density at radius 2 is 1.91 bits per heavy atom. The van der Waals surface area contributed by atoms with Gasteiger partial charge in [-0.25, -0.2) is 0 Å². The van der Waals surface area contributed by atoms with Crippen LogP contribution in [0.5, 0.6) is 0 Å². The number of hydrogen-bond donors (Lipinski definition) is 0. The monoisotopic (exact) mass is 326 g/mol. The Morgan fingerprint density at radius 1 is 1.17 bits per heavy atom. The van der Waals surface area contributed by atoms with E-state index in [2.05, 4.69) is 14.6 Å². The molecule has 23 heavy (non-hydrogen) atoms. The van der Waals surface area contributed by atoms with Crippen LogP contribution >= 0.6 is 0 Å².